The number of aryl methyl sites for hydroxylation is 1. The van der Waals surface area contributed by atoms with Gasteiger partial charge in [-0.1, -0.05) is 94.1 Å². The highest BCUT2D eigenvalue weighted by atomic mass is 35.5. The Balaban J connectivity index is 2.27. The van der Waals surface area contributed by atoms with Crippen LogP contribution in [0.3, 0.4) is 0 Å². The van der Waals surface area contributed by atoms with Gasteiger partial charge in [0.25, 0.3) is 0 Å². The number of rotatable bonds is 11. The Hall–Kier alpha value is -2.90. The molecule has 0 aliphatic heterocycles. The monoisotopic (exact) mass is 619 g/mol. The summed E-state index contributed by atoms with van der Waals surface area (Å²) in [7, 11) is 0. The number of alkyl halides is 3. The molecule has 4 nitrogen and oxygen atoms in total. The Kier molecular flexibility index (Phi) is 11.6. The fraction of sp³-hybridized carbons (Fsp3) is 0.424. The molecule has 3 rings (SSSR count). The van der Waals surface area contributed by atoms with Crippen molar-refractivity contribution in [1.29, 1.82) is 0 Å². The molecule has 1 atom stereocenters. The second-order valence-electron chi connectivity index (χ2n) is 10.5. The van der Waals surface area contributed by atoms with Gasteiger partial charge in [-0.15, -0.1) is 0 Å². The first-order chi connectivity index (χ1) is 19.9. The maximum Gasteiger partial charge on any atom is 0.417 e. The Morgan fingerprint density at radius 2 is 1.83 bits per heavy atom. The van der Waals surface area contributed by atoms with Gasteiger partial charge in [0.1, 0.15) is 0 Å². The van der Waals surface area contributed by atoms with Crippen LogP contribution in [0, 0.1) is 5.92 Å². The molecule has 0 spiro atoms. The summed E-state index contributed by atoms with van der Waals surface area (Å²) >= 11 is 13.4. The minimum Gasteiger partial charge on any atom is -0.294 e. The van der Waals surface area contributed by atoms with Crippen LogP contribution in [-0.4, -0.2) is 20.5 Å². The van der Waals surface area contributed by atoms with Crippen molar-refractivity contribution >= 4 is 40.6 Å². The zero-order valence-corrected chi connectivity index (χ0v) is 26.5. The molecule has 226 valence electrons. The predicted molar refractivity (Wildman–Crippen MR) is 165 cm³/mol. The molecule has 0 N–H and O–H groups in total. The van der Waals surface area contributed by atoms with Crippen LogP contribution in [0.1, 0.15) is 100.0 Å². The maximum absolute atomic E-state index is 13.4. The van der Waals surface area contributed by atoms with E-state index in [0.717, 1.165) is 59.1 Å². The first-order valence-corrected chi connectivity index (χ1v) is 15.1. The zero-order valence-electron chi connectivity index (χ0n) is 25.0. The molecule has 9 heteroatoms. The predicted octanol–water partition coefficient (Wildman–Crippen LogP) is 8.49. The smallest absolute Gasteiger partial charge is 0.294 e. The van der Waals surface area contributed by atoms with Crippen molar-refractivity contribution in [3.63, 3.8) is 0 Å². The second kappa shape index (κ2) is 14.5. The summed E-state index contributed by atoms with van der Waals surface area (Å²) in [6, 6.07) is 6.77. The number of halogens is 5. The lowest BCUT2D eigenvalue weighted by molar-refractivity contribution is -0.137. The number of carbonyl (C=O) groups is 1. The van der Waals surface area contributed by atoms with E-state index in [1.165, 1.54) is 0 Å². The fourth-order valence-electron chi connectivity index (χ4n) is 4.85. The molecule has 2 aromatic heterocycles. The van der Waals surface area contributed by atoms with E-state index in [4.69, 9.17) is 23.2 Å². The van der Waals surface area contributed by atoms with Crippen LogP contribution in [0.4, 0.5) is 13.2 Å². The number of hydrogen-bond acceptors (Lipinski definition) is 3. The lowest BCUT2D eigenvalue weighted by Gasteiger charge is -2.14. The number of carbonyl (C=O) groups excluding carboxylic acids is 1. The Bertz CT molecular complexity index is 1590. The van der Waals surface area contributed by atoms with E-state index in [1.54, 1.807) is 6.20 Å². The number of ketones is 1. The molecule has 0 radical (unpaired) electrons. The topological polar surface area (TPSA) is 47.8 Å². The summed E-state index contributed by atoms with van der Waals surface area (Å²) in [6.07, 6.45) is 3.58. The number of pyridine rings is 1. The maximum atomic E-state index is 13.4. The standard InChI is InChI=1S/C33H38Cl2F3N3O/c1-7-11-21(6)30(35)29(31-27(34)16-24(17-39-31)33(36,37)38)26-18-40-41(28(26)12-8-2)19-22-13-14-25(23(10-4)15-22)32(42)20(5)9-3/h12-18,20H,7-11,19H2,1-6H3/b28-12+,29-26+,30-21-. The van der Waals surface area contributed by atoms with Crippen LogP contribution in [-0.2, 0) is 19.1 Å². The number of Topliss-reactive ketones (excluding diaryl/α,β-unsaturated/α-hetero) is 1. The van der Waals surface area contributed by atoms with Crippen molar-refractivity contribution in [1.82, 2.24) is 14.8 Å². The van der Waals surface area contributed by atoms with Crippen LogP contribution in [0.2, 0.25) is 5.02 Å². The Morgan fingerprint density at radius 1 is 1.12 bits per heavy atom. The van der Waals surface area contributed by atoms with E-state index in [-0.39, 0.29) is 22.4 Å². The molecular formula is C33H38Cl2F3N3O. The Labute approximate surface area is 256 Å². The van der Waals surface area contributed by atoms with Gasteiger partial charge in [-0.3, -0.25) is 14.5 Å². The zero-order chi connectivity index (χ0) is 31.2. The summed E-state index contributed by atoms with van der Waals surface area (Å²) in [6.45, 7) is 12.3. The second-order valence-corrected chi connectivity index (χ2v) is 11.3. The van der Waals surface area contributed by atoms with Crippen molar-refractivity contribution in [2.75, 3.05) is 0 Å². The van der Waals surface area contributed by atoms with Crippen molar-refractivity contribution < 1.29 is 18.0 Å². The minimum atomic E-state index is -4.58. The molecule has 1 unspecified atom stereocenters. The summed E-state index contributed by atoms with van der Waals surface area (Å²) in [5.41, 5.74) is 3.26. The van der Waals surface area contributed by atoms with Crippen molar-refractivity contribution in [2.24, 2.45) is 5.92 Å². The first-order valence-electron chi connectivity index (χ1n) is 14.4. The summed E-state index contributed by atoms with van der Waals surface area (Å²) < 4.78 is 42.0. The molecule has 0 bridgehead atoms. The SMILES string of the molecule is CC\C=c1/c(=C(\C(Cl)=C(/C)CCC)c2ncc(C(F)(F)F)cc2Cl)cnn1Cc1ccc(C(=O)C(C)CC)c(CC)c1. The highest BCUT2D eigenvalue weighted by Crippen LogP contribution is 2.35. The largest absolute Gasteiger partial charge is 0.417 e. The fourth-order valence-corrected chi connectivity index (χ4v) is 5.40. The molecule has 42 heavy (non-hydrogen) atoms. The molecular weight excluding hydrogens is 582 g/mol. The third-order valence-corrected chi connectivity index (χ3v) is 8.18. The van der Waals surface area contributed by atoms with E-state index in [0.29, 0.717) is 35.2 Å². The van der Waals surface area contributed by atoms with Crippen molar-refractivity contribution in [3.8, 4) is 0 Å². The third-order valence-electron chi connectivity index (χ3n) is 7.38. The van der Waals surface area contributed by atoms with Gasteiger partial charge >= 0.3 is 6.18 Å². The van der Waals surface area contributed by atoms with Gasteiger partial charge in [0.15, 0.2) is 5.78 Å². The van der Waals surface area contributed by atoms with Crippen LogP contribution in [0.25, 0.3) is 11.6 Å². The number of aromatic nitrogens is 3. The van der Waals surface area contributed by atoms with E-state index >= 15 is 0 Å². The summed E-state index contributed by atoms with van der Waals surface area (Å²) in [5, 5.41) is 6.30. The molecule has 0 saturated carbocycles. The minimum absolute atomic E-state index is 0.0471. The first kappa shape index (κ1) is 33.6. The molecule has 1 aromatic carbocycles. The number of nitrogens with zero attached hydrogens (tertiary/aromatic N) is 3. The highest BCUT2D eigenvalue weighted by Gasteiger charge is 2.32. The molecule has 0 fully saturated rings. The van der Waals surface area contributed by atoms with Gasteiger partial charge < -0.3 is 0 Å². The third kappa shape index (κ3) is 7.54. The van der Waals surface area contributed by atoms with Gasteiger partial charge in [0.2, 0.25) is 0 Å². The molecule has 0 amide bonds. The summed E-state index contributed by atoms with van der Waals surface area (Å²) in [4.78, 5) is 17.1. The van der Waals surface area contributed by atoms with Crippen LogP contribution in [0.5, 0.6) is 0 Å². The quantitative estimate of drug-likeness (QED) is 0.202. The Morgan fingerprint density at radius 3 is 2.40 bits per heavy atom. The highest BCUT2D eigenvalue weighted by molar-refractivity contribution is 6.39. The average Bonchev–Trinajstić information content (AvgIpc) is 3.33. The van der Waals surface area contributed by atoms with E-state index in [9.17, 15) is 18.0 Å². The molecule has 0 aliphatic carbocycles. The van der Waals surface area contributed by atoms with E-state index in [2.05, 4.69) is 10.1 Å². The van der Waals surface area contributed by atoms with Gasteiger partial charge in [0.05, 0.1) is 34.4 Å². The van der Waals surface area contributed by atoms with E-state index in [1.807, 2.05) is 70.5 Å². The number of allylic oxidation sites excluding steroid dienone is 2. The molecule has 0 aliphatic rings. The van der Waals surface area contributed by atoms with Gasteiger partial charge in [0, 0.05) is 33.5 Å². The van der Waals surface area contributed by atoms with E-state index < -0.39 is 11.7 Å². The summed E-state index contributed by atoms with van der Waals surface area (Å²) in [5.74, 6) is 0.0976. The van der Waals surface area contributed by atoms with Gasteiger partial charge in [-0.25, -0.2) is 0 Å². The number of benzene rings is 1. The van der Waals surface area contributed by atoms with Crippen LogP contribution >= 0.6 is 23.2 Å². The molecule has 3 aromatic rings. The van der Waals surface area contributed by atoms with Gasteiger partial charge in [-0.05, 0) is 49.8 Å². The van der Waals surface area contributed by atoms with Gasteiger partial charge in [-0.2, -0.15) is 18.3 Å². The number of hydrogen-bond donors (Lipinski definition) is 0. The van der Waals surface area contributed by atoms with Crippen molar-refractivity contribution in [3.05, 3.63) is 90.8 Å². The normalized spacial score (nSPS) is 14.6. The average molecular weight is 621 g/mol. The molecule has 2 heterocycles. The lowest BCUT2D eigenvalue weighted by atomic mass is 9.91. The van der Waals surface area contributed by atoms with Crippen LogP contribution in [0.15, 0.2) is 47.3 Å². The van der Waals surface area contributed by atoms with Crippen molar-refractivity contribution in [2.45, 2.75) is 86.4 Å². The molecule has 0 saturated heterocycles. The van der Waals surface area contributed by atoms with Crippen LogP contribution < -0.4 is 10.6 Å². The lowest BCUT2D eigenvalue weighted by Crippen LogP contribution is -2.32.